The molecule has 0 fully saturated rings. The van der Waals surface area contributed by atoms with Gasteiger partial charge < -0.3 is 4.42 Å². The Morgan fingerprint density at radius 3 is 1.75 bits per heavy atom. The van der Waals surface area contributed by atoms with Gasteiger partial charge in [-0.1, -0.05) is 188 Å². The summed E-state index contributed by atoms with van der Waals surface area (Å²) in [6.45, 7) is 0. The van der Waals surface area contributed by atoms with E-state index < -0.39 is 0 Å². The highest BCUT2D eigenvalue weighted by Crippen LogP contribution is 2.47. The maximum Gasteiger partial charge on any atom is 0.235 e. The maximum atomic E-state index is 6.71. The summed E-state index contributed by atoms with van der Waals surface area (Å²) < 4.78 is 9.04. The van der Waals surface area contributed by atoms with Gasteiger partial charge in [0, 0.05) is 49.0 Å². The van der Waals surface area contributed by atoms with Crippen molar-refractivity contribution < 1.29 is 4.42 Å². The van der Waals surface area contributed by atoms with E-state index in [0.29, 0.717) is 5.95 Å². The lowest BCUT2D eigenvalue weighted by Crippen LogP contribution is -2.04. The van der Waals surface area contributed by atoms with Gasteiger partial charge in [-0.3, -0.25) is 4.57 Å². The number of benzene rings is 10. The lowest BCUT2D eigenvalue weighted by molar-refractivity contribution is 0.670. The summed E-state index contributed by atoms with van der Waals surface area (Å²) in [5, 5.41) is 12.7. The molecule has 3 heterocycles. The van der Waals surface area contributed by atoms with E-state index in [4.69, 9.17) is 14.4 Å². The second kappa shape index (κ2) is 12.7. The summed E-state index contributed by atoms with van der Waals surface area (Å²) in [6.07, 6.45) is 0. The third kappa shape index (κ3) is 4.73. The van der Waals surface area contributed by atoms with Crippen LogP contribution in [0.5, 0.6) is 0 Å². The van der Waals surface area contributed by atoms with Crippen molar-refractivity contribution in [3.05, 3.63) is 200 Å². The van der Waals surface area contributed by atoms with Crippen LogP contribution < -0.4 is 0 Å². The van der Waals surface area contributed by atoms with Crippen molar-refractivity contribution >= 4 is 87.0 Å². The molecule has 0 aliphatic heterocycles. The van der Waals surface area contributed by atoms with E-state index in [0.717, 1.165) is 77.0 Å². The molecule has 0 N–H and O–H groups in total. The van der Waals surface area contributed by atoms with Gasteiger partial charge in [0.05, 0.1) is 22.2 Å². The third-order valence-electron chi connectivity index (χ3n) is 12.4. The van der Waals surface area contributed by atoms with Gasteiger partial charge in [-0.2, -0.15) is 0 Å². The first-order chi connectivity index (χ1) is 29.8. The lowest BCUT2D eigenvalue weighted by Gasteiger charge is -2.15. The van der Waals surface area contributed by atoms with Gasteiger partial charge in [0.15, 0.2) is 0 Å². The molecule has 0 saturated heterocycles. The Bertz CT molecular complexity index is 3890. The van der Waals surface area contributed by atoms with Crippen LogP contribution in [0.3, 0.4) is 0 Å². The lowest BCUT2D eigenvalue weighted by atomic mass is 9.95. The van der Waals surface area contributed by atoms with Gasteiger partial charge in [-0.15, -0.1) is 0 Å². The largest absolute Gasteiger partial charge is 0.455 e. The van der Waals surface area contributed by atoms with Gasteiger partial charge >= 0.3 is 0 Å². The van der Waals surface area contributed by atoms with Gasteiger partial charge in [-0.05, 0) is 50.2 Å². The van der Waals surface area contributed by atoms with Crippen molar-refractivity contribution in [2.24, 2.45) is 0 Å². The molecular weight excluding hydrogens is 731 g/mol. The first-order valence-electron chi connectivity index (χ1n) is 20.4. The molecule has 278 valence electrons. The van der Waals surface area contributed by atoms with Crippen LogP contribution in [0.1, 0.15) is 0 Å². The van der Waals surface area contributed by atoms with Crippen LogP contribution in [-0.4, -0.2) is 14.5 Å². The number of aromatic nitrogens is 3. The highest BCUT2D eigenvalue weighted by atomic mass is 16.3. The minimum Gasteiger partial charge on any atom is -0.455 e. The predicted molar refractivity (Wildman–Crippen MR) is 250 cm³/mol. The second-order valence-electron chi connectivity index (χ2n) is 15.6. The summed E-state index contributed by atoms with van der Waals surface area (Å²) in [4.78, 5) is 11.1. The van der Waals surface area contributed by atoms with E-state index >= 15 is 0 Å². The molecule has 60 heavy (non-hydrogen) atoms. The van der Waals surface area contributed by atoms with E-state index in [2.05, 4.69) is 193 Å². The van der Waals surface area contributed by atoms with Crippen LogP contribution in [-0.2, 0) is 0 Å². The zero-order valence-corrected chi connectivity index (χ0v) is 32.3. The number of nitrogens with zero attached hydrogens (tertiary/aromatic N) is 3. The van der Waals surface area contributed by atoms with E-state index in [1.165, 1.54) is 43.4 Å². The molecule has 0 bridgehead atoms. The van der Waals surface area contributed by atoms with E-state index in [-0.39, 0.29) is 0 Å². The Hall–Kier alpha value is -8.08. The molecule has 0 saturated carbocycles. The molecule has 10 aromatic carbocycles. The normalized spacial score (nSPS) is 12.0. The van der Waals surface area contributed by atoms with Crippen LogP contribution in [0.15, 0.2) is 205 Å². The zero-order chi connectivity index (χ0) is 39.3. The number of rotatable bonds is 4. The standard InChI is InChI=1S/C56H33N3O/c1-2-16-37-34(14-1)15-11-23-38(37)35-30-32-36(33-31-35)52-47-22-7-9-28-49(47)57-56(58-52)59-53-44(46-26-13-25-45-41-19-8-10-29-50(41)60-55(45)46)24-12-27-48(53)51-42-20-5-3-17-39(42)40-18-4-6-21-43(40)54(51)59/h1-33H. The molecule has 0 radical (unpaired) electrons. The first-order valence-corrected chi connectivity index (χ1v) is 20.4. The Morgan fingerprint density at radius 1 is 0.350 bits per heavy atom. The third-order valence-corrected chi connectivity index (χ3v) is 12.4. The number of hydrogen-bond donors (Lipinski definition) is 0. The molecule has 4 nitrogen and oxygen atoms in total. The number of para-hydroxylation sites is 4. The van der Waals surface area contributed by atoms with E-state index in [1.807, 2.05) is 12.1 Å². The molecular formula is C56H33N3O. The molecule has 0 atom stereocenters. The molecule has 3 aromatic heterocycles. The Kier molecular flexibility index (Phi) is 6.98. The number of furan rings is 1. The van der Waals surface area contributed by atoms with Crippen LogP contribution in [0, 0.1) is 0 Å². The van der Waals surface area contributed by atoms with Crippen molar-refractivity contribution in [2.45, 2.75) is 0 Å². The van der Waals surface area contributed by atoms with Gasteiger partial charge in [0.1, 0.15) is 11.2 Å². The van der Waals surface area contributed by atoms with Crippen molar-refractivity contribution in [3.8, 4) is 39.5 Å². The molecule has 0 aliphatic rings. The van der Waals surface area contributed by atoms with Crippen molar-refractivity contribution in [1.82, 2.24) is 14.5 Å². The fraction of sp³-hybridized carbons (Fsp3) is 0. The summed E-state index contributed by atoms with van der Waals surface area (Å²) >= 11 is 0. The molecule has 0 amide bonds. The van der Waals surface area contributed by atoms with E-state index in [9.17, 15) is 0 Å². The minimum absolute atomic E-state index is 0.617. The summed E-state index contributed by atoms with van der Waals surface area (Å²) in [6, 6.07) is 71.3. The topological polar surface area (TPSA) is 43.9 Å². The Labute approximate surface area is 344 Å². The second-order valence-corrected chi connectivity index (χ2v) is 15.6. The highest BCUT2D eigenvalue weighted by Gasteiger charge is 2.25. The van der Waals surface area contributed by atoms with Crippen molar-refractivity contribution in [1.29, 1.82) is 0 Å². The van der Waals surface area contributed by atoms with Gasteiger partial charge in [-0.25, -0.2) is 9.97 Å². The van der Waals surface area contributed by atoms with Crippen molar-refractivity contribution in [2.75, 3.05) is 0 Å². The molecule has 13 rings (SSSR count). The van der Waals surface area contributed by atoms with Crippen LogP contribution >= 0.6 is 0 Å². The molecule has 4 heteroatoms. The number of hydrogen-bond acceptors (Lipinski definition) is 3. The first kappa shape index (κ1) is 32.9. The van der Waals surface area contributed by atoms with Crippen LogP contribution in [0.25, 0.3) is 126 Å². The van der Waals surface area contributed by atoms with E-state index in [1.54, 1.807) is 0 Å². The van der Waals surface area contributed by atoms with Crippen LogP contribution in [0.2, 0.25) is 0 Å². The number of fused-ring (bicyclic) bond motifs is 13. The fourth-order valence-corrected chi connectivity index (χ4v) is 9.77. The summed E-state index contributed by atoms with van der Waals surface area (Å²) in [7, 11) is 0. The highest BCUT2D eigenvalue weighted by molar-refractivity contribution is 6.33. The minimum atomic E-state index is 0.617. The molecule has 0 spiro atoms. The van der Waals surface area contributed by atoms with Gasteiger partial charge in [0.25, 0.3) is 0 Å². The monoisotopic (exact) mass is 763 g/mol. The smallest absolute Gasteiger partial charge is 0.235 e. The SMILES string of the molecule is c1ccc2c(-c3ccc(-c4nc(-n5c6c(-c7cccc8c7oc7ccccc78)cccc6c6c7ccccc7c7ccccc7c65)nc5ccccc45)cc3)cccc2c1. The summed E-state index contributed by atoms with van der Waals surface area (Å²) in [5.41, 5.74) is 11.1. The fourth-order valence-electron chi connectivity index (χ4n) is 9.77. The van der Waals surface area contributed by atoms with Gasteiger partial charge in [0.2, 0.25) is 5.95 Å². The Morgan fingerprint density at radius 2 is 0.917 bits per heavy atom. The predicted octanol–water partition coefficient (Wildman–Crippen LogP) is 15.1. The van der Waals surface area contributed by atoms with Crippen LogP contribution in [0.4, 0.5) is 0 Å². The Balaban J connectivity index is 1.14. The summed E-state index contributed by atoms with van der Waals surface area (Å²) in [5.74, 6) is 0.617. The quantitative estimate of drug-likeness (QED) is 0.168. The molecule has 13 aromatic rings. The zero-order valence-electron chi connectivity index (χ0n) is 32.3. The maximum absolute atomic E-state index is 6.71. The average molecular weight is 764 g/mol. The molecule has 0 unspecified atom stereocenters. The average Bonchev–Trinajstić information content (AvgIpc) is 3.88. The molecule has 0 aliphatic carbocycles. The van der Waals surface area contributed by atoms with Crippen molar-refractivity contribution in [3.63, 3.8) is 0 Å².